The Morgan fingerprint density at radius 3 is 3.05 bits per heavy atom. The third-order valence-corrected chi connectivity index (χ3v) is 4.14. The topological polar surface area (TPSA) is 58.9 Å². The number of nitrogens with zero attached hydrogens (tertiary/aromatic N) is 1. The van der Waals surface area contributed by atoms with Gasteiger partial charge in [-0.2, -0.15) is 0 Å². The van der Waals surface area contributed by atoms with E-state index in [1.54, 1.807) is 0 Å². The van der Waals surface area contributed by atoms with Crippen molar-refractivity contribution >= 4 is 11.9 Å². The molecule has 3 rings (SSSR count). The van der Waals surface area contributed by atoms with Gasteiger partial charge in [-0.3, -0.25) is 4.79 Å². The van der Waals surface area contributed by atoms with Crippen LogP contribution in [0.1, 0.15) is 30.4 Å². The second kappa shape index (κ2) is 5.27. The number of ether oxygens (including phenoxy) is 1. The molecule has 20 heavy (non-hydrogen) atoms. The second-order valence-electron chi connectivity index (χ2n) is 5.76. The Labute approximate surface area is 118 Å². The Hall–Kier alpha value is -1.84. The van der Waals surface area contributed by atoms with Gasteiger partial charge >= 0.3 is 5.97 Å². The summed E-state index contributed by atoms with van der Waals surface area (Å²) in [5.41, 5.74) is 2.42. The van der Waals surface area contributed by atoms with E-state index < -0.39 is 5.97 Å². The molecule has 0 radical (unpaired) electrons. The molecule has 4 heteroatoms. The molecule has 1 aromatic rings. The molecule has 1 aromatic carbocycles. The Morgan fingerprint density at radius 1 is 1.45 bits per heavy atom. The van der Waals surface area contributed by atoms with Crippen LogP contribution in [0.2, 0.25) is 0 Å². The average Bonchev–Trinajstić information content (AvgIpc) is 2.79. The number of carbonyl (C=O) groups is 1. The molecule has 1 aliphatic heterocycles. The van der Waals surface area contributed by atoms with Crippen LogP contribution in [0.3, 0.4) is 0 Å². The summed E-state index contributed by atoms with van der Waals surface area (Å²) in [7, 11) is 0. The lowest BCUT2D eigenvalue weighted by atomic mass is 9.84. The molecule has 1 aliphatic carbocycles. The van der Waals surface area contributed by atoms with Crippen LogP contribution in [0.5, 0.6) is 0 Å². The van der Waals surface area contributed by atoms with Crippen LogP contribution in [0, 0.1) is 12.8 Å². The molecule has 106 valence electrons. The number of aryl methyl sites for hydroxylation is 1. The standard InChI is InChI=1S/C16H19NO3/c1-10-3-2-4-11(7-10)8-15-17-13-6-5-12(16(18)19)9-14(13)20-15/h2-4,7,12-14H,5-6,8-9H2,1H3,(H,18,19). The number of fused-ring (bicyclic) bond motifs is 1. The van der Waals surface area contributed by atoms with Crippen LogP contribution < -0.4 is 0 Å². The van der Waals surface area contributed by atoms with Gasteiger partial charge in [0.05, 0.1) is 12.0 Å². The molecule has 0 bridgehead atoms. The molecule has 1 N–H and O–H groups in total. The van der Waals surface area contributed by atoms with E-state index in [9.17, 15) is 4.79 Å². The fourth-order valence-electron chi connectivity index (χ4n) is 3.09. The van der Waals surface area contributed by atoms with Gasteiger partial charge in [-0.15, -0.1) is 0 Å². The number of carboxylic acids is 1. The predicted molar refractivity (Wildman–Crippen MR) is 76.0 cm³/mol. The first kappa shape index (κ1) is 13.2. The summed E-state index contributed by atoms with van der Waals surface area (Å²) in [4.78, 5) is 15.7. The molecular formula is C16H19NO3. The van der Waals surface area contributed by atoms with Crippen molar-refractivity contribution in [3.8, 4) is 0 Å². The van der Waals surface area contributed by atoms with Crippen LogP contribution >= 0.6 is 0 Å². The second-order valence-corrected chi connectivity index (χ2v) is 5.76. The van der Waals surface area contributed by atoms with E-state index in [-0.39, 0.29) is 18.1 Å². The molecule has 0 aromatic heterocycles. The highest BCUT2D eigenvalue weighted by molar-refractivity contribution is 5.81. The van der Waals surface area contributed by atoms with E-state index in [0.29, 0.717) is 19.3 Å². The van der Waals surface area contributed by atoms with E-state index in [4.69, 9.17) is 9.84 Å². The quantitative estimate of drug-likeness (QED) is 0.920. The van der Waals surface area contributed by atoms with Crippen molar-refractivity contribution in [1.29, 1.82) is 0 Å². The summed E-state index contributed by atoms with van der Waals surface area (Å²) in [5, 5.41) is 9.10. The first-order chi connectivity index (χ1) is 9.61. The number of aliphatic carboxylic acids is 1. The van der Waals surface area contributed by atoms with Gasteiger partial charge < -0.3 is 9.84 Å². The Morgan fingerprint density at radius 2 is 2.30 bits per heavy atom. The highest BCUT2D eigenvalue weighted by atomic mass is 16.5. The molecule has 1 saturated carbocycles. The lowest BCUT2D eigenvalue weighted by Gasteiger charge is -2.26. The normalized spacial score (nSPS) is 28.4. The van der Waals surface area contributed by atoms with Crippen LogP contribution in [0.15, 0.2) is 29.3 Å². The molecule has 0 amide bonds. The third kappa shape index (κ3) is 2.69. The average molecular weight is 273 g/mol. The highest BCUT2D eigenvalue weighted by Gasteiger charge is 2.39. The zero-order valence-electron chi connectivity index (χ0n) is 11.6. The molecule has 1 heterocycles. The summed E-state index contributed by atoms with van der Waals surface area (Å²) >= 11 is 0. The van der Waals surface area contributed by atoms with Gasteiger partial charge in [-0.25, -0.2) is 4.99 Å². The van der Waals surface area contributed by atoms with Crippen molar-refractivity contribution < 1.29 is 14.6 Å². The Kier molecular flexibility index (Phi) is 3.47. The molecule has 4 nitrogen and oxygen atoms in total. The van der Waals surface area contributed by atoms with Gasteiger partial charge in [0.15, 0.2) is 5.90 Å². The van der Waals surface area contributed by atoms with Crippen molar-refractivity contribution in [3.63, 3.8) is 0 Å². The SMILES string of the molecule is Cc1cccc(CC2=NC3CCC(C(=O)O)CC3O2)c1. The van der Waals surface area contributed by atoms with Crippen LogP contribution in [-0.4, -0.2) is 29.1 Å². The molecule has 0 saturated heterocycles. The van der Waals surface area contributed by atoms with Crippen molar-refractivity contribution in [3.05, 3.63) is 35.4 Å². The molecule has 3 unspecified atom stereocenters. The maximum atomic E-state index is 11.1. The Bertz CT molecular complexity index is 552. The van der Waals surface area contributed by atoms with Crippen molar-refractivity contribution in [2.75, 3.05) is 0 Å². The maximum Gasteiger partial charge on any atom is 0.306 e. The predicted octanol–water partition coefficient (Wildman–Crippen LogP) is 2.59. The first-order valence-electron chi connectivity index (χ1n) is 7.13. The van der Waals surface area contributed by atoms with Crippen molar-refractivity contribution in [1.82, 2.24) is 0 Å². The molecular weight excluding hydrogens is 254 g/mol. The molecule has 3 atom stereocenters. The number of hydrogen-bond donors (Lipinski definition) is 1. The summed E-state index contributed by atoms with van der Waals surface area (Å²) in [5.74, 6) is -0.222. The molecule has 1 fully saturated rings. The van der Waals surface area contributed by atoms with Crippen molar-refractivity contribution in [2.45, 2.75) is 44.8 Å². The number of rotatable bonds is 3. The van der Waals surface area contributed by atoms with E-state index in [1.165, 1.54) is 11.1 Å². The Balaban J connectivity index is 1.65. The van der Waals surface area contributed by atoms with Crippen LogP contribution in [-0.2, 0) is 16.0 Å². The number of benzene rings is 1. The monoisotopic (exact) mass is 273 g/mol. The van der Waals surface area contributed by atoms with E-state index in [0.717, 1.165) is 12.3 Å². The molecule has 0 spiro atoms. The highest BCUT2D eigenvalue weighted by Crippen LogP contribution is 2.33. The van der Waals surface area contributed by atoms with Gasteiger partial charge in [0, 0.05) is 6.42 Å². The van der Waals surface area contributed by atoms with Crippen molar-refractivity contribution in [2.24, 2.45) is 10.9 Å². The van der Waals surface area contributed by atoms with Crippen LogP contribution in [0.25, 0.3) is 0 Å². The van der Waals surface area contributed by atoms with Gasteiger partial charge in [-0.1, -0.05) is 29.8 Å². The summed E-state index contributed by atoms with van der Waals surface area (Å²) in [6, 6.07) is 8.46. The minimum atomic E-state index is -0.709. The van der Waals surface area contributed by atoms with E-state index in [1.807, 2.05) is 6.07 Å². The smallest absolute Gasteiger partial charge is 0.306 e. The lowest BCUT2D eigenvalue weighted by molar-refractivity contribution is -0.143. The number of aliphatic imine (C=N–C) groups is 1. The summed E-state index contributed by atoms with van der Waals surface area (Å²) in [6.07, 6.45) is 2.78. The number of carboxylic acid groups (broad SMARTS) is 1. The molecule has 2 aliphatic rings. The third-order valence-electron chi connectivity index (χ3n) is 4.14. The van der Waals surface area contributed by atoms with E-state index >= 15 is 0 Å². The fraction of sp³-hybridized carbons (Fsp3) is 0.500. The fourth-order valence-corrected chi connectivity index (χ4v) is 3.09. The van der Waals surface area contributed by atoms with Gasteiger partial charge in [0.2, 0.25) is 0 Å². The zero-order valence-corrected chi connectivity index (χ0v) is 11.6. The summed E-state index contributed by atoms with van der Waals surface area (Å²) < 4.78 is 5.88. The maximum absolute atomic E-state index is 11.1. The van der Waals surface area contributed by atoms with Gasteiger partial charge in [-0.05, 0) is 31.7 Å². The largest absolute Gasteiger partial charge is 0.481 e. The van der Waals surface area contributed by atoms with Gasteiger partial charge in [0.25, 0.3) is 0 Å². The first-order valence-corrected chi connectivity index (χ1v) is 7.13. The number of hydrogen-bond acceptors (Lipinski definition) is 3. The zero-order chi connectivity index (χ0) is 14.1. The lowest BCUT2D eigenvalue weighted by Crippen LogP contribution is -2.34. The van der Waals surface area contributed by atoms with Crippen LogP contribution in [0.4, 0.5) is 0 Å². The minimum absolute atomic E-state index is 0.0374. The minimum Gasteiger partial charge on any atom is -0.481 e. The van der Waals surface area contributed by atoms with E-state index in [2.05, 4.69) is 30.1 Å². The summed E-state index contributed by atoms with van der Waals surface area (Å²) in [6.45, 7) is 2.07. The van der Waals surface area contributed by atoms with Gasteiger partial charge in [0.1, 0.15) is 6.10 Å².